The highest BCUT2D eigenvalue weighted by atomic mass is 35.5. The molecule has 2 unspecified atom stereocenters. The van der Waals surface area contributed by atoms with E-state index in [2.05, 4.69) is 0 Å². The van der Waals surface area contributed by atoms with Gasteiger partial charge in [-0.1, -0.05) is 23.2 Å². The number of likely N-dealkylation sites (tertiary alicyclic amines) is 1. The highest BCUT2D eigenvalue weighted by Gasteiger charge is 2.34. The first-order chi connectivity index (χ1) is 8.52. The minimum atomic E-state index is -0.132. The molecule has 1 amide bonds. The predicted octanol–water partition coefficient (Wildman–Crippen LogP) is 3.00. The highest BCUT2D eigenvalue weighted by Crippen LogP contribution is 2.33. The van der Waals surface area contributed by atoms with Crippen LogP contribution >= 0.6 is 23.2 Å². The van der Waals surface area contributed by atoms with Crippen LogP contribution in [-0.4, -0.2) is 23.4 Å². The van der Waals surface area contributed by atoms with Crippen molar-refractivity contribution in [1.82, 2.24) is 4.90 Å². The Morgan fingerprint density at radius 1 is 1.33 bits per heavy atom. The molecule has 98 valence electrons. The van der Waals surface area contributed by atoms with Gasteiger partial charge in [-0.2, -0.15) is 0 Å². The molecule has 1 aliphatic rings. The molecule has 1 aromatic rings. The average Bonchev–Trinajstić information content (AvgIpc) is 2.30. The number of rotatable bonds is 2. The number of nitrogens with two attached hydrogens (primary N) is 1. The van der Waals surface area contributed by atoms with Gasteiger partial charge in [0.15, 0.2) is 0 Å². The van der Waals surface area contributed by atoms with Crippen molar-refractivity contribution < 1.29 is 4.79 Å². The van der Waals surface area contributed by atoms with Crippen LogP contribution in [0.15, 0.2) is 18.2 Å². The number of carbonyl (C=O) groups excluding carboxylic acids is 1. The van der Waals surface area contributed by atoms with E-state index in [9.17, 15) is 4.79 Å². The molecule has 1 fully saturated rings. The molecular formula is C13H16Cl2N2O. The summed E-state index contributed by atoms with van der Waals surface area (Å²) in [5, 5.41) is 1.14. The van der Waals surface area contributed by atoms with Crippen LogP contribution in [0.2, 0.25) is 10.0 Å². The van der Waals surface area contributed by atoms with Gasteiger partial charge in [-0.05, 0) is 37.1 Å². The van der Waals surface area contributed by atoms with Crippen molar-refractivity contribution >= 4 is 29.1 Å². The second-order valence-corrected chi connectivity index (χ2v) is 5.40. The minimum Gasteiger partial charge on any atom is -0.334 e. The fourth-order valence-electron chi connectivity index (χ4n) is 2.52. The molecule has 0 aromatic heterocycles. The van der Waals surface area contributed by atoms with E-state index in [0.717, 1.165) is 5.56 Å². The van der Waals surface area contributed by atoms with Gasteiger partial charge in [-0.15, -0.1) is 0 Å². The fraction of sp³-hybridized carbons (Fsp3) is 0.462. The minimum absolute atomic E-state index is 0.0721. The van der Waals surface area contributed by atoms with Crippen molar-refractivity contribution in [3.05, 3.63) is 33.8 Å². The van der Waals surface area contributed by atoms with Crippen LogP contribution < -0.4 is 5.73 Å². The van der Waals surface area contributed by atoms with Gasteiger partial charge in [0.1, 0.15) is 0 Å². The number of hydrogen-bond acceptors (Lipinski definition) is 2. The predicted molar refractivity (Wildman–Crippen MR) is 73.8 cm³/mol. The fourth-order valence-corrected chi connectivity index (χ4v) is 3.07. The maximum Gasteiger partial charge on any atom is 0.223 e. The molecule has 1 saturated heterocycles. The lowest BCUT2D eigenvalue weighted by molar-refractivity contribution is -0.137. The van der Waals surface area contributed by atoms with E-state index in [1.54, 1.807) is 11.0 Å². The Balaban J connectivity index is 2.41. The lowest BCUT2D eigenvalue weighted by atomic mass is 9.90. The zero-order valence-electron chi connectivity index (χ0n) is 10.2. The Hall–Kier alpha value is -0.770. The number of carbonyl (C=O) groups is 1. The number of hydrogen-bond donors (Lipinski definition) is 1. The number of likely N-dealkylation sites (N-methyl/N-ethyl adjacent to an activating group) is 1. The van der Waals surface area contributed by atoms with E-state index < -0.39 is 0 Å². The summed E-state index contributed by atoms with van der Waals surface area (Å²) < 4.78 is 0. The lowest BCUT2D eigenvalue weighted by Crippen LogP contribution is -2.48. The highest BCUT2D eigenvalue weighted by molar-refractivity contribution is 6.34. The summed E-state index contributed by atoms with van der Waals surface area (Å²) in [4.78, 5) is 13.7. The maximum atomic E-state index is 11.9. The van der Waals surface area contributed by atoms with Crippen LogP contribution in [0.25, 0.3) is 0 Å². The van der Waals surface area contributed by atoms with E-state index in [0.29, 0.717) is 29.4 Å². The molecule has 1 heterocycles. The van der Waals surface area contributed by atoms with E-state index in [4.69, 9.17) is 28.9 Å². The average molecular weight is 287 g/mol. The summed E-state index contributed by atoms with van der Waals surface area (Å²) in [7, 11) is 0. The Kier molecular flexibility index (Phi) is 4.15. The molecule has 1 aromatic carbocycles. The largest absolute Gasteiger partial charge is 0.334 e. The Labute approximate surface area is 117 Å². The number of piperidine rings is 1. The molecule has 18 heavy (non-hydrogen) atoms. The smallest absolute Gasteiger partial charge is 0.223 e. The monoisotopic (exact) mass is 286 g/mol. The van der Waals surface area contributed by atoms with Crippen LogP contribution in [0.4, 0.5) is 0 Å². The van der Waals surface area contributed by atoms with Crippen LogP contribution in [0.3, 0.4) is 0 Å². The molecule has 0 saturated carbocycles. The molecule has 0 radical (unpaired) electrons. The zero-order valence-corrected chi connectivity index (χ0v) is 11.7. The molecular weight excluding hydrogens is 271 g/mol. The zero-order chi connectivity index (χ0) is 13.3. The maximum absolute atomic E-state index is 11.9. The number of nitrogens with zero attached hydrogens (tertiary/aromatic N) is 1. The number of halogens is 2. The SMILES string of the molecule is CCN1C(=O)CCC(N)C1c1cc(Cl)cc(Cl)c1. The molecule has 5 heteroatoms. The third-order valence-corrected chi connectivity index (χ3v) is 3.76. The first kappa shape index (κ1) is 13.7. The first-order valence-corrected chi connectivity index (χ1v) is 6.79. The third kappa shape index (κ3) is 2.63. The van der Waals surface area contributed by atoms with Gasteiger partial charge in [-0.3, -0.25) is 4.79 Å². The van der Waals surface area contributed by atoms with Gasteiger partial charge in [0, 0.05) is 29.1 Å². The molecule has 1 aliphatic heterocycles. The van der Waals surface area contributed by atoms with Gasteiger partial charge in [-0.25, -0.2) is 0 Å². The van der Waals surface area contributed by atoms with Crippen LogP contribution in [0.5, 0.6) is 0 Å². The second-order valence-electron chi connectivity index (χ2n) is 4.53. The Morgan fingerprint density at radius 3 is 2.50 bits per heavy atom. The first-order valence-electron chi connectivity index (χ1n) is 6.04. The van der Waals surface area contributed by atoms with Gasteiger partial charge in [0.25, 0.3) is 0 Å². The summed E-state index contributed by atoms with van der Waals surface area (Å²) in [6.45, 7) is 2.59. The van der Waals surface area contributed by atoms with Crippen LogP contribution in [0, 0.1) is 0 Å². The van der Waals surface area contributed by atoms with Crippen molar-refractivity contribution in [3.63, 3.8) is 0 Å². The third-order valence-electron chi connectivity index (χ3n) is 3.32. The van der Waals surface area contributed by atoms with Crippen molar-refractivity contribution in [2.24, 2.45) is 5.73 Å². The van der Waals surface area contributed by atoms with Crippen molar-refractivity contribution in [1.29, 1.82) is 0 Å². The summed E-state index contributed by atoms with van der Waals surface area (Å²) in [6, 6.07) is 5.14. The van der Waals surface area contributed by atoms with Gasteiger partial charge >= 0.3 is 0 Å². The molecule has 0 aliphatic carbocycles. The number of amides is 1. The van der Waals surface area contributed by atoms with E-state index in [1.165, 1.54) is 0 Å². The molecule has 2 rings (SSSR count). The van der Waals surface area contributed by atoms with E-state index >= 15 is 0 Å². The van der Waals surface area contributed by atoms with Crippen LogP contribution in [0.1, 0.15) is 31.4 Å². The molecule has 0 spiro atoms. The Bertz CT molecular complexity index is 444. The molecule has 2 N–H and O–H groups in total. The molecule has 3 nitrogen and oxygen atoms in total. The van der Waals surface area contributed by atoms with Crippen molar-refractivity contribution in [2.75, 3.05) is 6.54 Å². The van der Waals surface area contributed by atoms with Gasteiger partial charge < -0.3 is 10.6 Å². The van der Waals surface area contributed by atoms with E-state index in [1.807, 2.05) is 19.1 Å². The standard InChI is InChI=1S/C13H16Cl2N2O/c1-2-17-12(18)4-3-11(16)13(17)8-5-9(14)7-10(15)6-8/h5-7,11,13H,2-4,16H2,1H3. The van der Waals surface area contributed by atoms with Gasteiger partial charge in [0.2, 0.25) is 5.91 Å². The Morgan fingerprint density at radius 2 is 1.94 bits per heavy atom. The summed E-state index contributed by atoms with van der Waals surface area (Å²) in [5.41, 5.74) is 7.07. The second kappa shape index (κ2) is 5.47. The quantitative estimate of drug-likeness (QED) is 0.908. The topological polar surface area (TPSA) is 46.3 Å². The van der Waals surface area contributed by atoms with Crippen LogP contribution in [-0.2, 0) is 4.79 Å². The lowest BCUT2D eigenvalue weighted by Gasteiger charge is -2.39. The van der Waals surface area contributed by atoms with Crippen molar-refractivity contribution in [2.45, 2.75) is 31.8 Å². The van der Waals surface area contributed by atoms with Crippen molar-refractivity contribution in [3.8, 4) is 0 Å². The summed E-state index contributed by atoms with van der Waals surface area (Å²) in [5.74, 6) is 0.139. The molecule has 2 atom stereocenters. The number of benzene rings is 1. The normalized spacial score (nSPS) is 24.4. The molecule has 0 bridgehead atoms. The summed E-state index contributed by atoms with van der Waals surface area (Å²) >= 11 is 12.0. The summed E-state index contributed by atoms with van der Waals surface area (Å²) in [6.07, 6.45) is 1.21. The van der Waals surface area contributed by atoms with Gasteiger partial charge in [0.05, 0.1) is 6.04 Å². The van der Waals surface area contributed by atoms with E-state index in [-0.39, 0.29) is 18.0 Å².